The number of carbonyl (C=O) groups is 2. The molecule has 6 nitrogen and oxygen atoms in total. The van der Waals surface area contributed by atoms with Gasteiger partial charge in [-0.2, -0.15) is 0 Å². The van der Waals surface area contributed by atoms with E-state index in [1.165, 1.54) is 6.26 Å². The molecule has 1 aromatic heterocycles. The minimum absolute atomic E-state index is 0.0945. The predicted octanol–water partition coefficient (Wildman–Crippen LogP) is 3.37. The van der Waals surface area contributed by atoms with Crippen LogP contribution in [0.1, 0.15) is 17.0 Å². The van der Waals surface area contributed by atoms with Gasteiger partial charge in [0, 0.05) is 44.2 Å². The molecule has 138 valence electrons. The van der Waals surface area contributed by atoms with Crippen LogP contribution in [-0.2, 0) is 4.79 Å². The predicted molar refractivity (Wildman–Crippen MR) is 101 cm³/mol. The molecule has 26 heavy (non-hydrogen) atoms. The van der Waals surface area contributed by atoms with Crippen LogP contribution < -0.4 is 5.32 Å². The van der Waals surface area contributed by atoms with Crippen molar-refractivity contribution in [3.63, 3.8) is 0 Å². The van der Waals surface area contributed by atoms with E-state index in [-0.39, 0.29) is 11.8 Å². The van der Waals surface area contributed by atoms with E-state index in [9.17, 15) is 9.59 Å². The summed E-state index contributed by atoms with van der Waals surface area (Å²) in [7, 11) is 0. The third kappa shape index (κ3) is 4.78. The highest BCUT2D eigenvalue weighted by Gasteiger charge is 2.23. The van der Waals surface area contributed by atoms with Crippen LogP contribution in [0, 0.1) is 0 Å². The third-order valence-electron chi connectivity index (χ3n) is 4.25. The topological polar surface area (TPSA) is 65.8 Å². The molecule has 1 N–H and O–H groups in total. The number of hydrogen-bond acceptors (Lipinski definition) is 4. The maximum Gasteiger partial charge on any atom is 0.289 e. The van der Waals surface area contributed by atoms with Gasteiger partial charge in [0.15, 0.2) is 5.76 Å². The number of anilines is 1. The second-order valence-corrected chi connectivity index (χ2v) is 6.88. The molecule has 1 saturated heterocycles. The first kappa shape index (κ1) is 18.8. The van der Waals surface area contributed by atoms with Gasteiger partial charge >= 0.3 is 0 Å². The van der Waals surface area contributed by atoms with Crippen molar-refractivity contribution >= 4 is 40.7 Å². The fourth-order valence-electron chi connectivity index (χ4n) is 2.80. The normalized spacial score (nSPS) is 15.1. The van der Waals surface area contributed by atoms with Crippen molar-refractivity contribution in [1.29, 1.82) is 0 Å². The molecule has 2 heterocycles. The molecule has 0 aliphatic carbocycles. The SMILES string of the molecule is O=C(CCN1CCN(C(=O)c2ccco2)CC1)Nc1cc(Cl)ccc1Cl. The number of hydrogen-bond donors (Lipinski definition) is 1. The minimum atomic E-state index is -0.122. The Morgan fingerprint density at radius 2 is 1.88 bits per heavy atom. The Kier molecular flexibility index (Phi) is 6.19. The zero-order chi connectivity index (χ0) is 18.5. The Morgan fingerprint density at radius 3 is 2.58 bits per heavy atom. The van der Waals surface area contributed by atoms with E-state index < -0.39 is 0 Å². The van der Waals surface area contributed by atoms with E-state index >= 15 is 0 Å². The molecule has 0 atom stereocenters. The van der Waals surface area contributed by atoms with Crippen LogP contribution in [0.4, 0.5) is 5.69 Å². The van der Waals surface area contributed by atoms with Crippen molar-refractivity contribution in [2.24, 2.45) is 0 Å². The summed E-state index contributed by atoms with van der Waals surface area (Å²) in [5.74, 6) is 0.141. The summed E-state index contributed by atoms with van der Waals surface area (Å²) in [4.78, 5) is 28.3. The number of piperazine rings is 1. The van der Waals surface area contributed by atoms with Crippen molar-refractivity contribution in [3.8, 4) is 0 Å². The van der Waals surface area contributed by atoms with Gasteiger partial charge in [-0.3, -0.25) is 14.5 Å². The van der Waals surface area contributed by atoms with E-state index in [1.807, 2.05) is 0 Å². The Labute approximate surface area is 161 Å². The summed E-state index contributed by atoms with van der Waals surface area (Å²) in [5, 5.41) is 3.74. The van der Waals surface area contributed by atoms with Gasteiger partial charge in [0.1, 0.15) is 0 Å². The number of amides is 2. The van der Waals surface area contributed by atoms with Crippen molar-refractivity contribution in [3.05, 3.63) is 52.4 Å². The lowest BCUT2D eigenvalue weighted by Crippen LogP contribution is -2.49. The summed E-state index contributed by atoms with van der Waals surface area (Å²) < 4.78 is 5.15. The van der Waals surface area contributed by atoms with Crippen molar-refractivity contribution in [1.82, 2.24) is 9.80 Å². The van der Waals surface area contributed by atoms with Gasteiger partial charge in [-0.05, 0) is 30.3 Å². The zero-order valence-electron chi connectivity index (χ0n) is 14.1. The van der Waals surface area contributed by atoms with Crippen LogP contribution >= 0.6 is 23.2 Å². The van der Waals surface area contributed by atoms with Crippen molar-refractivity contribution in [2.45, 2.75) is 6.42 Å². The standard InChI is InChI=1S/C18H19Cl2N3O3/c19-13-3-4-14(20)15(12-13)21-17(24)5-6-22-7-9-23(10-8-22)18(25)16-2-1-11-26-16/h1-4,11-12H,5-10H2,(H,21,24). The quantitative estimate of drug-likeness (QED) is 0.842. The number of nitrogens with zero attached hydrogens (tertiary/aromatic N) is 2. The first-order chi connectivity index (χ1) is 12.5. The molecule has 2 aromatic rings. The molecule has 0 unspecified atom stereocenters. The van der Waals surface area contributed by atoms with Crippen LogP contribution in [0.5, 0.6) is 0 Å². The van der Waals surface area contributed by atoms with Gasteiger partial charge in [0.05, 0.1) is 17.0 Å². The average Bonchev–Trinajstić information content (AvgIpc) is 3.17. The molecular formula is C18H19Cl2N3O3. The largest absolute Gasteiger partial charge is 0.459 e. The van der Waals surface area contributed by atoms with Gasteiger partial charge in [0.2, 0.25) is 5.91 Å². The molecule has 2 amide bonds. The van der Waals surface area contributed by atoms with Crippen molar-refractivity contribution in [2.75, 3.05) is 38.0 Å². The maximum absolute atomic E-state index is 12.2. The lowest BCUT2D eigenvalue weighted by molar-refractivity contribution is -0.116. The summed E-state index contributed by atoms with van der Waals surface area (Å²) >= 11 is 12.0. The summed E-state index contributed by atoms with van der Waals surface area (Å²) in [6.45, 7) is 3.28. The van der Waals surface area contributed by atoms with E-state index in [4.69, 9.17) is 27.6 Å². The van der Waals surface area contributed by atoms with Crippen LogP contribution in [0.2, 0.25) is 10.0 Å². The fourth-order valence-corrected chi connectivity index (χ4v) is 3.13. The lowest BCUT2D eigenvalue weighted by atomic mass is 10.2. The van der Waals surface area contributed by atoms with Gasteiger partial charge in [0.25, 0.3) is 5.91 Å². The Hall–Kier alpha value is -2.02. The number of furan rings is 1. The molecule has 1 fully saturated rings. The number of benzene rings is 1. The van der Waals surface area contributed by atoms with Crippen LogP contribution in [0.25, 0.3) is 0 Å². The number of nitrogens with one attached hydrogen (secondary N) is 1. The Bertz CT molecular complexity index is 772. The second-order valence-electron chi connectivity index (χ2n) is 6.03. The molecule has 1 aliphatic rings. The monoisotopic (exact) mass is 395 g/mol. The van der Waals surface area contributed by atoms with Crippen LogP contribution in [0.15, 0.2) is 41.0 Å². The van der Waals surface area contributed by atoms with Gasteiger partial charge in [-0.25, -0.2) is 0 Å². The van der Waals surface area contributed by atoms with Crippen molar-refractivity contribution < 1.29 is 14.0 Å². The van der Waals surface area contributed by atoms with E-state index in [0.717, 1.165) is 13.1 Å². The molecule has 1 aromatic carbocycles. The van der Waals surface area contributed by atoms with Gasteiger partial charge in [-0.15, -0.1) is 0 Å². The highest BCUT2D eigenvalue weighted by Crippen LogP contribution is 2.25. The first-order valence-electron chi connectivity index (χ1n) is 8.33. The zero-order valence-corrected chi connectivity index (χ0v) is 15.6. The maximum atomic E-state index is 12.2. The molecule has 1 aliphatic heterocycles. The highest BCUT2D eigenvalue weighted by molar-refractivity contribution is 6.35. The average molecular weight is 396 g/mol. The van der Waals surface area contributed by atoms with Crippen LogP contribution in [-0.4, -0.2) is 54.3 Å². The summed E-state index contributed by atoms with van der Waals surface area (Å²) in [5.41, 5.74) is 0.512. The van der Waals surface area contributed by atoms with E-state index in [2.05, 4.69) is 10.2 Å². The molecular weight excluding hydrogens is 377 g/mol. The number of rotatable bonds is 5. The summed E-state index contributed by atoms with van der Waals surface area (Å²) in [6, 6.07) is 8.31. The molecule has 0 bridgehead atoms. The number of halogens is 2. The van der Waals surface area contributed by atoms with E-state index in [1.54, 1.807) is 35.2 Å². The highest BCUT2D eigenvalue weighted by atomic mass is 35.5. The Balaban J connectivity index is 1.43. The van der Waals surface area contributed by atoms with Gasteiger partial charge < -0.3 is 14.6 Å². The van der Waals surface area contributed by atoms with E-state index in [0.29, 0.717) is 47.5 Å². The lowest BCUT2D eigenvalue weighted by Gasteiger charge is -2.34. The second kappa shape index (κ2) is 8.58. The molecule has 0 radical (unpaired) electrons. The first-order valence-corrected chi connectivity index (χ1v) is 9.08. The molecule has 0 saturated carbocycles. The molecule has 8 heteroatoms. The Morgan fingerprint density at radius 1 is 1.12 bits per heavy atom. The van der Waals surface area contributed by atoms with Crippen LogP contribution in [0.3, 0.4) is 0 Å². The smallest absolute Gasteiger partial charge is 0.289 e. The number of carbonyl (C=O) groups excluding carboxylic acids is 2. The third-order valence-corrected chi connectivity index (χ3v) is 4.81. The summed E-state index contributed by atoms with van der Waals surface area (Å²) in [6.07, 6.45) is 1.84. The molecule has 3 rings (SSSR count). The minimum Gasteiger partial charge on any atom is -0.459 e. The molecule has 0 spiro atoms. The fraction of sp³-hybridized carbons (Fsp3) is 0.333. The van der Waals surface area contributed by atoms with Gasteiger partial charge in [-0.1, -0.05) is 23.2 Å².